The van der Waals surface area contributed by atoms with E-state index in [2.05, 4.69) is 39.2 Å². The predicted octanol–water partition coefficient (Wildman–Crippen LogP) is 5.42. The first-order chi connectivity index (χ1) is 15.2. The van der Waals surface area contributed by atoms with Crippen LogP contribution in [0.4, 0.5) is 0 Å². The molecule has 176 valence electrons. The molecule has 0 amide bonds. The van der Waals surface area contributed by atoms with Gasteiger partial charge in [-0.15, -0.1) is 0 Å². The van der Waals surface area contributed by atoms with Crippen LogP contribution in [-0.4, -0.2) is 34.5 Å². The topological polar surface area (TPSA) is 66.8 Å². The van der Waals surface area contributed by atoms with Gasteiger partial charge in [-0.3, -0.25) is 0 Å². The van der Waals surface area contributed by atoms with Gasteiger partial charge < -0.3 is 14.9 Å². The van der Waals surface area contributed by atoms with Gasteiger partial charge >= 0.3 is 5.97 Å². The molecule has 1 saturated heterocycles. The summed E-state index contributed by atoms with van der Waals surface area (Å²) in [4.78, 5) is 11.6. The van der Waals surface area contributed by atoms with Gasteiger partial charge in [0.05, 0.1) is 12.2 Å². The molecule has 4 heteroatoms. The fourth-order valence-corrected chi connectivity index (χ4v) is 7.12. The molecule has 4 aliphatic rings. The van der Waals surface area contributed by atoms with Gasteiger partial charge in [-0.25, -0.2) is 4.79 Å². The molecule has 0 aromatic rings. The zero-order valence-electron chi connectivity index (χ0n) is 19.8. The number of aliphatic hydroxyl groups is 2. The molecule has 0 aromatic carbocycles. The van der Waals surface area contributed by atoms with Crippen LogP contribution in [0, 0.1) is 23.2 Å². The highest BCUT2D eigenvalue weighted by Gasteiger charge is 2.50. The molecule has 2 N–H and O–H groups in total. The van der Waals surface area contributed by atoms with Crippen molar-refractivity contribution in [3.63, 3.8) is 0 Å². The van der Waals surface area contributed by atoms with Gasteiger partial charge in [-0.1, -0.05) is 44.7 Å². The fourth-order valence-electron chi connectivity index (χ4n) is 7.12. The van der Waals surface area contributed by atoms with Gasteiger partial charge in [0.15, 0.2) is 0 Å². The average Bonchev–Trinajstić information content (AvgIpc) is 3.26. The summed E-state index contributed by atoms with van der Waals surface area (Å²) in [6, 6.07) is 0. The summed E-state index contributed by atoms with van der Waals surface area (Å²) in [6.45, 7) is 12.8. The van der Waals surface area contributed by atoms with E-state index in [1.807, 2.05) is 0 Å². The first-order valence-electron chi connectivity index (χ1n) is 12.5. The Hall–Kier alpha value is -1.65. The molecular weight excluding hydrogens is 400 g/mol. The zero-order valence-corrected chi connectivity index (χ0v) is 19.8. The molecule has 0 radical (unpaired) electrons. The van der Waals surface area contributed by atoms with Crippen LogP contribution in [0.2, 0.25) is 0 Å². The maximum atomic E-state index is 11.6. The Balaban J connectivity index is 1.43. The van der Waals surface area contributed by atoms with E-state index in [1.165, 1.54) is 31.3 Å². The minimum absolute atomic E-state index is 0.0187. The van der Waals surface area contributed by atoms with Crippen molar-refractivity contribution in [2.75, 3.05) is 0 Å². The van der Waals surface area contributed by atoms with Gasteiger partial charge in [-0.2, -0.15) is 0 Å². The molecule has 0 bridgehead atoms. The predicted molar refractivity (Wildman–Crippen MR) is 127 cm³/mol. The van der Waals surface area contributed by atoms with Gasteiger partial charge in [0, 0.05) is 18.4 Å². The lowest BCUT2D eigenvalue weighted by atomic mass is 9.60. The maximum Gasteiger partial charge on any atom is 0.333 e. The molecule has 4 rings (SSSR count). The van der Waals surface area contributed by atoms with E-state index in [0.29, 0.717) is 48.0 Å². The lowest BCUT2D eigenvalue weighted by Crippen LogP contribution is -2.36. The third-order valence-corrected chi connectivity index (χ3v) is 8.97. The van der Waals surface area contributed by atoms with E-state index in [0.717, 1.165) is 30.4 Å². The third kappa shape index (κ3) is 4.54. The number of fused-ring (bicyclic) bond motifs is 1. The number of carbonyl (C=O) groups excluding carboxylic acids is 1. The number of aliphatic hydroxyl groups excluding tert-OH is 2. The van der Waals surface area contributed by atoms with Crippen LogP contribution < -0.4 is 0 Å². The maximum absolute atomic E-state index is 11.6. The summed E-state index contributed by atoms with van der Waals surface area (Å²) in [5.74, 6) is 1.69. The van der Waals surface area contributed by atoms with Crippen LogP contribution >= 0.6 is 0 Å². The molecule has 0 aromatic heterocycles. The van der Waals surface area contributed by atoms with Crippen LogP contribution in [0.25, 0.3) is 0 Å². The van der Waals surface area contributed by atoms with Gasteiger partial charge in [0.2, 0.25) is 0 Å². The standard InChI is InChI=1S/C28H40O4/c1-17(7-10-23-14-18(2)27(31)32-23)24-11-12-25-20(6-5-13-28(24,25)4)8-9-21-15-22(29)16-26(30)19(21)3/h8-9,17,22-26,29-30H,2-3,5-7,10-16H2,1,4H3/t17-,22-,23?,24-,25?,26+,28-/m1/s1. The van der Waals surface area contributed by atoms with E-state index in [1.54, 1.807) is 0 Å². The lowest BCUT2D eigenvalue weighted by molar-refractivity contribution is -0.139. The van der Waals surface area contributed by atoms with E-state index in [-0.39, 0.29) is 12.1 Å². The zero-order chi connectivity index (χ0) is 23.0. The molecule has 4 nitrogen and oxygen atoms in total. The number of ether oxygens (including phenoxy) is 1. The summed E-state index contributed by atoms with van der Waals surface area (Å²) in [5.41, 5.74) is 4.22. The van der Waals surface area contributed by atoms with E-state index >= 15 is 0 Å². The molecular formula is C28H40O4. The highest BCUT2D eigenvalue weighted by atomic mass is 16.5. The van der Waals surface area contributed by atoms with Crippen LogP contribution in [-0.2, 0) is 9.53 Å². The largest absolute Gasteiger partial charge is 0.459 e. The summed E-state index contributed by atoms with van der Waals surface area (Å²) >= 11 is 0. The van der Waals surface area contributed by atoms with Crippen molar-refractivity contribution >= 4 is 5.97 Å². The Bertz CT molecular complexity index is 820. The van der Waals surface area contributed by atoms with Crippen molar-refractivity contribution < 1.29 is 19.7 Å². The number of esters is 1. The Morgan fingerprint density at radius 2 is 2.00 bits per heavy atom. The second-order valence-electron chi connectivity index (χ2n) is 11.1. The number of hydrogen-bond donors (Lipinski definition) is 2. The molecule has 2 unspecified atom stereocenters. The highest BCUT2D eigenvalue weighted by Crippen LogP contribution is 2.60. The van der Waals surface area contributed by atoms with Gasteiger partial charge in [-0.05, 0) is 85.7 Å². The lowest BCUT2D eigenvalue weighted by Gasteiger charge is -2.44. The van der Waals surface area contributed by atoms with Crippen molar-refractivity contribution in [1.82, 2.24) is 0 Å². The first kappa shape index (κ1) is 23.5. The summed E-state index contributed by atoms with van der Waals surface area (Å²) < 4.78 is 5.45. The van der Waals surface area contributed by atoms with Gasteiger partial charge in [0.25, 0.3) is 0 Å². The number of cyclic esters (lactones) is 1. The van der Waals surface area contributed by atoms with Crippen molar-refractivity contribution in [2.45, 2.75) is 96.4 Å². The molecule has 3 saturated carbocycles. The van der Waals surface area contributed by atoms with Crippen LogP contribution in [0.15, 0.2) is 47.6 Å². The SMILES string of the molecule is C=C1CC(CC[C@@H](C)[C@H]2CCC3C(=CC=C4C[C@@H](O)C[C@H](O)C4=C)CCC[C@@]32C)OC1=O. The Kier molecular flexibility index (Phi) is 6.84. The summed E-state index contributed by atoms with van der Waals surface area (Å²) in [7, 11) is 0. The summed E-state index contributed by atoms with van der Waals surface area (Å²) in [5, 5.41) is 20.2. The number of hydrogen-bond acceptors (Lipinski definition) is 4. The number of allylic oxidation sites excluding steroid dienone is 3. The van der Waals surface area contributed by atoms with Crippen molar-refractivity contribution in [3.8, 4) is 0 Å². The molecule has 32 heavy (non-hydrogen) atoms. The molecule has 0 spiro atoms. The van der Waals surface area contributed by atoms with Gasteiger partial charge in [0.1, 0.15) is 6.10 Å². The second-order valence-corrected chi connectivity index (χ2v) is 11.1. The van der Waals surface area contributed by atoms with Crippen molar-refractivity contribution in [1.29, 1.82) is 0 Å². The third-order valence-electron chi connectivity index (χ3n) is 8.97. The molecule has 3 aliphatic carbocycles. The number of carbonyl (C=O) groups is 1. The van der Waals surface area contributed by atoms with Crippen LogP contribution in [0.1, 0.15) is 78.1 Å². The van der Waals surface area contributed by atoms with E-state index in [9.17, 15) is 15.0 Å². The average molecular weight is 441 g/mol. The van der Waals surface area contributed by atoms with Crippen LogP contribution in [0.5, 0.6) is 0 Å². The molecule has 1 heterocycles. The van der Waals surface area contributed by atoms with Crippen LogP contribution in [0.3, 0.4) is 0 Å². The molecule has 4 fully saturated rings. The first-order valence-corrected chi connectivity index (χ1v) is 12.5. The monoisotopic (exact) mass is 440 g/mol. The quantitative estimate of drug-likeness (QED) is 0.443. The Morgan fingerprint density at radius 3 is 2.72 bits per heavy atom. The smallest absolute Gasteiger partial charge is 0.333 e. The van der Waals surface area contributed by atoms with E-state index in [4.69, 9.17) is 4.74 Å². The molecule has 1 aliphatic heterocycles. The second kappa shape index (κ2) is 9.30. The van der Waals surface area contributed by atoms with E-state index < -0.39 is 12.2 Å². The van der Waals surface area contributed by atoms with Crippen molar-refractivity contribution in [2.24, 2.45) is 23.2 Å². The Labute approximate surface area is 193 Å². The van der Waals surface area contributed by atoms with Crippen molar-refractivity contribution in [3.05, 3.63) is 47.6 Å². The number of rotatable bonds is 5. The minimum Gasteiger partial charge on any atom is -0.459 e. The highest BCUT2D eigenvalue weighted by molar-refractivity contribution is 5.89. The Morgan fingerprint density at radius 1 is 1.22 bits per heavy atom. The normalized spacial score (nSPS) is 41.2. The minimum atomic E-state index is -0.631. The fraction of sp³-hybridized carbons (Fsp3) is 0.679. The summed E-state index contributed by atoms with van der Waals surface area (Å²) in [6.07, 6.45) is 13.1. The molecule has 7 atom stereocenters.